The van der Waals surface area contributed by atoms with Crippen LogP contribution in [0.3, 0.4) is 0 Å². The number of aliphatic hydroxyl groups is 2. The number of hydrogen-bond donors (Lipinski definition) is 3. The lowest BCUT2D eigenvalue weighted by Crippen LogP contribution is -1.85. The van der Waals surface area contributed by atoms with Gasteiger partial charge in [-0.05, 0) is 19.8 Å². The quantitative estimate of drug-likeness (QED) is 0.447. The smallest absolute Gasteiger partial charge is 0.327 e. The topological polar surface area (TPSA) is 77.8 Å². The maximum Gasteiger partial charge on any atom is 0.327 e. The van der Waals surface area contributed by atoms with Gasteiger partial charge in [-0.2, -0.15) is 0 Å². The summed E-state index contributed by atoms with van der Waals surface area (Å²) in [6, 6.07) is 0. The lowest BCUT2D eigenvalue weighted by molar-refractivity contribution is -0.131. The minimum atomic E-state index is -0.891. The van der Waals surface area contributed by atoms with Crippen LogP contribution in [0.25, 0.3) is 0 Å². The molecule has 4 heteroatoms. The molecule has 0 spiro atoms. The normalized spacial score (nSPS) is 9.80. The Morgan fingerprint density at radius 3 is 1.60 bits per heavy atom. The number of allylic oxidation sites excluding steroid dienone is 1. The van der Waals surface area contributed by atoms with Crippen LogP contribution in [0, 0.1) is 0 Å². The van der Waals surface area contributed by atoms with Gasteiger partial charge in [0.25, 0.3) is 0 Å². The highest BCUT2D eigenvalue weighted by molar-refractivity contribution is 5.79. The van der Waals surface area contributed by atoms with E-state index in [4.69, 9.17) is 15.3 Å². The third-order valence-electron chi connectivity index (χ3n) is 1.63. The summed E-state index contributed by atoms with van der Waals surface area (Å²) in [6.07, 6.45) is 7.70. The van der Waals surface area contributed by atoms with Gasteiger partial charge in [0.15, 0.2) is 0 Å². The molecule has 0 heterocycles. The van der Waals surface area contributed by atoms with Gasteiger partial charge in [0.05, 0.1) is 0 Å². The molecule has 0 unspecified atom stereocenters. The van der Waals surface area contributed by atoms with Crippen LogP contribution < -0.4 is 0 Å². The summed E-state index contributed by atoms with van der Waals surface area (Å²) in [6.45, 7) is 2.27. The lowest BCUT2D eigenvalue weighted by atomic mass is 10.2. The van der Waals surface area contributed by atoms with Crippen LogP contribution >= 0.6 is 0 Å². The van der Waals surface area contributed by atoms with Gasteiger partial charge in [0, 0.05) is 19.3 Å². The zero-order valence-corrected chi connectivity index (χ0v) is 9.35. The first-order valence-corrected chi connectivity index (χ1v) is 5.26. The Bertz CT molecular complexity index is 149. The SMILES string of the molecule is CC=CC(=O)O.OCCCCCCCO. The van der Waals surface area contributed by atoms with E-state index in [0.717, 1.165) is 38.2 Å². The fraction of sp³-hybridized carbons (Fsp3) is 0.727. The number of aliphatic carboxylic acids is 1. The Hall–Kier alpha value is -0.870. The Morgan fingerprint density at radius 1 is 1.00 bits per heavy atom. The summed E-state index contributed by atoms with van der Waals surface area (Å²) < 4.78 is 0. The van der Waals surface area contributed by atoms with Crippen LogP contribution in [0.2, 0.25) is 0 Å². The first-order chi connectivity index (χ1) is 7.18. The van der Waals surface area contributed by atoms with E-state index >= 15 is 0 Å². The molecule has 0 radical (unpaired) electrons. The Kier molecular flexibility index (Phi) is 17.2. The summed E-state index contributed by atoms with van der Waals surface area (Å²) in [7, 11) is 0. The van der Waals surface area contributed by atoms with E-state index in [0.29, 0.717) is 13.2 Å². The van der Waals surface area contributed by atoms with E-state index in [9.17, 15) is 4.79 Å². The van der Waals surface area contributed by atoms with Crippen LogP contribution in [-0.2, 0) is 4.79 Å². The van der Waals surface area contributed by atoms with Crippen LogP contribution in [0.15, 0.2) is 12.2 Å². The molecule has 4 nitrogen and oxygen atoms in total. The molecular formula is C11H22O4. The highest BCUT2D eigenvalue weighted by Gasteiger charge is 1.86. The molecule has 3 N–H and O–H groups in total. The molecule has 0 amide bonds. The van der Waals surface area contributed by atoms with Gasteiger partial charge < -0.3 is 15.3 Å². The lowest BCUT2D eigenvalue weighted by Gasteiger charge is -1.95. The van der Waals surface area contributed by atoms with Crippen LogP contribution in [0.1, 0.15) is 39.0 Å². The van der Waals surface area contributed by atoms with Crippen molar-refractivity contribution in [1.82, 2.24) is 0 Å². The summed E-state index contributed by atoms with van der Waals surface area (Å²) in [5.74, 6) is -0.891. The number of rotatable bonds is 7. The maximum atomic E-state index is 9.51. The van der Waals surface area contributed by atoms with Crippen molar-refractivity contribution in [2.45, 2.75) is 39.0 Å². The molecule has 90 valence electrons. The van der Waals surface area contributed by atoms with E-state index in [2.05, 4.69) is 0 Å². The van der Waals surface area contributed by atoms with Crippen molar-refractivity contribution in [1.29, 1.82) is 0 Å². The van der Waals surface area contributed by atoms with E-state index in [1.807, 2.05) is 0 Å². The fourth-order valence-electron chi connectivity index (χ4n) is 0.897. The van der Waals surface area contributed by atoms with Crippen molar-refractivity contribution in [2.24, 2.45) is 0 Å². The molecule has 0 fully saturated rings. The zero-order valence-electron chi connectivity index (χ0n) is 9.35. The van der Waals surface area contributed by atoms with Crippen molar-refractivity contribution < 1.29 is 20.1 Å². The standard InChI is InChI=1S/C7H16O2.C4H6O2/c8-6-4-2-1-3-5-7-9;1-2-3-4(5)6/h8-9H,1-7H2;2-3H,1H3,(H,5,6). The largest absolute Gasteiger partial charge is 0.478 e. The Labute approximate surface area is 91.2 Å². The molecule has 0 atom stereocenters. The second kappa shape index (κ2) is 15.6. The van der Waals surface area contributed by atoms with Gasteiger partial charge in [0.1, 0.15) is 0 Å². The highest BCUT2D eigenvalue weighted by Crippen LogP contribution is 2.00. The van der Waals surface area contributed by atoms with Gasteiger partial charge in [-0.1, -0.05) is 25.3 Å². The van der Waals surface area contributed by atoms with E-state index in [1.54, 1.807) is 6.92 Å². The van der Waals surface area contributed by atoms with E-state index < -0.39 is 5.97 Å². The average Bonchev–Trinajstić information content (AvgIpc) is 2.18. The third kappa shape index (κ3) is 24.6. The second-order valence-corrected chi connectivity index (χ2v) is 3.05. The van der Waals surface area contributed by atoms with E-state index in [-0.39, 0.29) is 0 Å². The number of hydrogen-bond acceptors (Lipinski definition) is 3. The number of carboxylic acids is 1. The summed E-state index contributed by atoms with van der Waals surface area (Å²) in [5.41, 5.74) is 0. The molecule has 0 aromatic carbocycles. The average molecular weight is 218 g/mol. The number of carbonyl (C=O) groups is 1. The molecule has 0 aliphatic rings. The number of carboxylic acid groups (broad SMARTS) is 1. The van der Waals surface area contributed by atoms with Gasteiger partial charge in [0.2, 0.25) is 0 Å². The minimum absolute atomic E-state index is 0.305. The summed E-state index contributed by atoms with van der Waals surface area (Å²) >= 11 is 0. The first kappa shape index (κ1) is 16.6. The van der Waals surface area contributed by atoms with Crippen LogP contribution in [0.5, 0.6) is 0 Å². The third-order valence-corrected chi connectivity index (χ3v) is 1.63. The van der Waals surface area contributed by atoms with Gasteiger partial charge >= 0.3 is 5.97 Å². The van der Waals surface area contributed by atoms with Crippen LogP contribution in [0.4, 0.5) is 0 Å². The second-order valence-electron chi connectivity index (χ2n) is 3.05. The Balaban J connectivity index is 0. The Morgan fingerprint density at radius 2 is 1.40 bits per heavy atom. The molecular weight excluding hydrogens is 196 g/mol. The molecule has 0 aliphatic carbocycles. The van der Waals surface area contributed by atoms with Crippen molar-refractivity contribution in [3.8, 4) is 0 Å². The highest BCUT2D eigenvalue weighted by atomic mass is 16.4. The molecule has 0 rings (SSSR count). The number of aliphatic hydroxyl groups excluding tert-OH is 2. The molecule has 0 aromatic heterocycles. The molecule has 0 saturated heterocycles. The van der Waals surface area contributed by atoms with E-state index in [1.165, 1.54) is 6.08 Å². The fourth-order valence-corrected chi connectivity index (χ4v) is 0.897. The molecule has 0 bridgehead atoms. The van der Waals surface area contributed by atoms with Crippen LogP contribution in [-0.4, -0.2) is 34.5 Å². The van der Waals surface area contributed by atoms with Gasteiger partial charge in [-0.3, -0.25) is 0 Å². The molecule has 15 heavy (non-hydrogen) atoms. The minimum Gasteiger partial charge on any atom is -0.478 e. The van der Waals surface area contributed by atoms with Gasteiger partial charge in [-0.15, -0.1) is 0 Å². The molecule has 0 saturated carbocycles. The van der Waals surface area contributed by atoms with Crippen molar-refractivity contribution in [2.75, 3.05) is 13.2 Å². The first-order valence-electron chi connectivity index (χ1n) is 5.26. The molecule has 0 aliphatic heterocycles. The van der Waals surface area contributed by atoms with Crippen molar-refractivity contribution in [3.05, 3.63) is 12.2 Å². The van der Waals surface area contributed by atoms with Crippen molar-refractivity contribution >= 4 is 5.97 Å². The molecule has 0 aromatic rings. The van der Waals surface area contributed by atoms with Crippen molar-refractivity contribution in [3.63, 3.8) is 0 Å². The summed E-state index contributed by atoms with van der Waals surface area (Å²) in [4.78, 5) is 9.51. The monoisotopic (exact) mass is 218 g/mol. The predicted octanol–water partition coefficient (Wildman–Crippen LogP) is 1.57. The maximum absolute atomic E-state index is 9.51. The number of unbranched alkanes of at least 4 members (excludes halogenated alkanes) is 4. The predicted molar refractivity (Wildman–Crippen MR) is 59.7 cm³/mol. The zero-order chi connectivity index (χ0) is 11.9. The van der Waals surface area contributed by atoms with Gasteiger partial charge in [-0.25, -0.2) is 4.79 Å². The summed E-state index contributed by atoms with van der Waals surface area (Å²) in [5, 5.41) is 24.6.